The second-order valence-electron chi connectivity index (χ2n) is 5.60. The highest BCUT2D eigenvalue weighted by Gasteiger charge is 2.34. The second-order valence-corrected chi connectivity index (χ2v) is 6.51. The van der Waals surface area contributed by atoms with Gasteiger partial charge in [-0.2, -0.15) is 0 Å². The molecular weight excluding hydrogens is 276 g/mol. The summed E-state index contributed by atoms with van der Waals surface area (Å²) in [4.78, 5) is 2.45. The number of piperidine rings is 1. The van der Waals surface area contributed by atoms with Crippen LogP contribution in [0.5, 0.6) is 0 Å². The maximum Gasteiger partial charge on any atom is 0.0377 e. The van der Waals surface area contributed by atoms with Crippen molar-refractivity contribution in [2.45, 2.75) is 20.3 Å². The topological polar surface area (TPSA) is 29.3 Å². The maximum absolute atomic E-state index is 5.91. The van der Waals surface area contributed by atoms with Crippen LogP contribution < -0.4 is 10.6 Å². The van der Waals surface area contributed by atoms with Gasteiger partial charge in [0, 0.05) is 23.2 Å². The first-order chi connectivity index (χ1) is 8.03. The summed E-state index contributed by atoms with van der Waals surface area (Å²) < 4.78 is 1.14. The second kappa shape index (κ2) is 4.99. The SMILES string of the molecule is CC1(C)CCN(c2cccc(Br)c2)CC1CN. The van der Waals surface area contributed by atoms with E-state index in [1.54, 1.807) is 0 Å². The third-order valence-electron chi connectivity index (χ3n) is 4.03. The number of anilines is 1. The van der Waals surface area contributed by atoms with Crippen LogP contribution in [-0.4, -0.2) is 19.6 Å². The average Bonchev–Trinajstić information content (AvgIpc) is 2.28. The number of benzene rings is 1. The van der Waals surface area contributed by atoms with Gasteiger partial charge in [0.15, 0.2) is 0 Å². The van der Waals surface area contributed by atoms with Crippen LogP contribution in [0, 0.1) is 11.3 Å². The van der Waals surface area contributed by atoms with Crippen molar-refractivity contribution < 1.29 is 0 Å². The molecule has 1 unspecified atom stereocenters. The van der Waals surface area contributed by atoms with E-state index >= 15 is 0 Å². The molecule has 1 aromatic carbocycles. The van der Waals surface area contributed by atoms with Gasteiger partial charge in [-0.15, -0.1) is 0 Å². The van der Waals surface area contributed by atoms with Gasteiger partial charge in [-0.25, -0.2) is 0 Å². The molecule has 0 bridgehead atoms. The predicted molar refractivity (Wildman–Crippen MR) is 77.3 cm³/mol. The third kappa shape index (κ3) is 2.83. The van der Waals surface area contributed by atoms with E-state index in [-0.39, 0.29) is 0 Å². The molecule has 94 valence electrons. The average molecular weight is 297 g/mol. The van der Waals surface area contributed by atoms with Crippen LogP contribution in [0.15, 0.2) is 28.7 Å². The number of nitrogens with two attached hydrogens (primary N) is 1. The Morgan fingerprint density at radius 3 is 2.88 bits per heavy atom. The fourth-order valence-electron chi connectivity index (χ4n) is 2.53. The van der Waals surface area contributed by atoms with Gasteiger partial charge in [0.2, 0.25) is 0 Å². The van der Waals surface area contributed by atoms with Crippen LogP contribution in [-0.2, 0) is 0 Å². The van der Waals surface area contributed by atoms with Crippen molar-refractivity contribution in [3.05, 3.63) is 28.7 Å². The van der Waals surface area contributed by atoms with Crippen molar-refractivity contribution in [1.29, 1.82) is 0 Å². The molecule has 1 saturated heterocycles. The quantitative estimate of drug-likeness (QED) is 0.908. The Hall–Kier alpha value is -0.540. The minimum Gasteiger partial charge on any atom is -0.371 e. The molecule has 0 aliphatic carbocycles. The van der Waals surface area contributed by atoms with Gasteiger partial charge in [0.05, 0.1) is 0 Å². The van der Waals surface area contributed by atoms with Gasteiger partial charge in [0.25, 0.3) is 0 Å². The Bertz CT molecular complexity index is 390. The lowest BCUT2D eigenvalue weighted by atomic mass is 9.73. The smallest absolute Gasteiger partial charge is 0.0377 e. The molecule has 0 saturated carbocycles. The molecular formula is C14H21BrN2. The van der Waals surface area contributed by atoms with Crippen molar-refractivity contribution in [1.82, 2.24) is 0 Å². The highest BCUT2D eigenvalue weighted by molar-refractivity contribution is 9.10. The molecule has 0 radical (unpaired) electrons. The predicted octanol–water partition coefficient (Wildman–Crippen LogP) is 3.26. The molecule has 1 aliphatic rings. The molecule has 17 heavy (non-hydrogen) atoms. The van der Waals surface area contributed by atoms with Crippen LogP contribution >= 0.6 is 15.9 Å². The lowest BCUT2D eigenvalue weighted by Crippen LogP contribution is -2.47. The molecule has 1 heterocycles. The van der Waals surface area contributed by atoms with E-state index in [0.717, 1.165) is 24.1 Å². The molecule has 1 aromatic rings. The Morgan fingerprint density at radius 2 is 2.24 bits per heavy atom. The van der Waals surface area contributed by atoms with E-state index in [1.807, 2.05) is 0 Å². The zero-order chi connectivity index (χ0) is 12.5. The summed E-state index contributed by atoms with van der Waals surface area (Å²) in [5, 5.41) is 0. The number of rotatable bonds is 2. The van der Waals surface area contributed by atoms with E-state index in [0.29, 0.717) is 11.3 Å². The molecule has 2 nitrogen and oxygen atoms in total. The van der Waals surface area contributed by atoms with Gasteiger partial charge in [-0.3, -0.25) is 0 Å². The minimum absolute atomic E-state index is 0.372. The normalized spacial score (nSPS) is 23.8. The molecule has 0 aromatic heterocycles. The highest BCUT2D eigenvalue weighted by atomic mass is 79.9. The van der Waals surface area contributed by atoms with E-state index in [1.165, 1.54) is 12.1 Å². The zero-order valence-corrected chi connectivity index (χ0v) is 12.2. The number of nitrogens with zero attached hydrogens (tertiary/aromatic N) is 1. The largest absolute Gasteiger partial charge is 0.371 e. The third-order valence-corrected chi connectivity index (χ3v) is 4.52. The fourth-order valence-corrected chi connectivity index (χ4v) is 2.92. The van der Waals surface area contributed by atoms with Gasteiger partial charge in [-0.05, 0) is 42.5 Å². The van der Waals surface area contributed by atoms with Crippen LogP contribution in [0.2, 0.25) is 0 Å². The molecule has 1 atom stereocenters. The van der Waals surface area contributed by atoms with Crippen molar-refractivity contribution in [3.8, 4) is 0 Å². The Labute approximate surface area is 112 Å². The van der Waals surface area contributed by atoms with Crippen molar-refractivity contribution in [3.63, 3.8) is 0 Å². The molecule has 0 amide bonds. The standard InChI is InChI=1S/C14H21BrN2/c1-14(2)6-7-17(10-11(14)9-16)13-5-3-4-12(15)8-13/h3-5,8,11H,6-7,9-10,16H2,1-2H3. The van der Waals surface area contributed by atoms with Crippen LogP contribution in [0.4, 0.5) is 5.69 Å². The summed E-state index contributed by atoms with van der Waals surface area (Å²) in [5.74, 6) is 0.579. The van der Waals surface area contributed by atoms with Crippen molar-refractivity contribution in [2.24, 2.45) is 17.1 Å². The van der Waals surface area contributed by atoms with Gasteiger partial charge in [-0.1, -0.05) is 35.8 Å². The summed E-state index contributed by atoms with van der Waals surface area (Å²) in [5.41, 5.74) is 7.58. The van der Waals surface area contributed by atoms with E-state index in [9.17, 15) is 0 Å². The molecule has 1 aliphatic heterocycles. The molecule has 0 spiro atoms. The first-order valence-electron chi connectivity index (χ1n) is 6.23. The highest BCUT2D eigenvalue weighted by Crippen LogP contribution is 2.36. The van der Waals surface area contributed by atoms with Crippen molar-refractivity contribution in [2.75, 3.05) is 24.5 Å². The summed E-state index contributed by atoms with van der Waals surface area (Å²) in [7, 11) is 0. The summed E-state index contributed by atoms with van der Waals surface area (Å²) in [6.07, 6.45) is 1.21. The maximum atomic E-state index is 5.91. The van der Waals surface area contributed by atoms with E-state index in [4.69, 9.17) is 5.73 Å². The van der Waals surface area contributed by atoms with Crippen LogP contribution in [0.3, 0.4) is 0 Å². The Morgan fingerprint density at radius 1 is 1.47 bits per heavy atom. The number of halogens is 1. The van der Waals surface area contributed by atoms with E-state index in [2.05, 4.69) is 58.9 Å². The first kappa shape index (κ1) is 12.9. The molecule has 2 N–H and O–H groups in total. The summed E-state index contributed by atoms with van der Waals surface area (Å²) >= 11 is 3.53. The summed E-state index contributed by atoms with van der Waals surface area (Å²) in [6.45, 7) is 7.64. The van der Waals surface area contributed by atoms with Gasteiger partial charge in [0.1, 0.15) is 0 Å². The zero-order valence-electron chi connectivity index (χ0n) is 10.6. The monoisotopic (exact) mass is 296 g/mol. The van der Waals surface area contributed by atoms with Crippen LogP contribution in [0.1, 0.15) is 20.3 Å². The van der Waals surface area contributed by atoms with E-state index < -0.39 is 0 Å². The van der Waals surface area contributed by atoms with Crippen molar-refractivity contribution >= 4 is 21.6 Å². The number of hydrogen-bond acceptors (Lipinski definition) is 2. The summed E-state index contributed by atoms with van der Waals surface area (Å²) in [6, 6.07) is 8.52. The van der Waals surface area contributed by atoms with Crippen LogP contribution in [0.25, 0.3) is 0 Å². The fraction of sp³-hybridized carbons (Fsp3) is 0.571. The molecule has 2 rings (SSSR count). The Balaban J connectivity index is 2.15. The number of hydrogen-bond donors (Lipinski definition) is 1. The minimum atomic E-state index is 0.372. The van der Waals surface area contributed by atoms with Gasteiger partial charge >= 0.3 is 0 Å². The molecule has 1 fully saturated rings. The van der Waals surface area contributed by atoms with Gasteiger partial charge < -0.3 is 10.6 Å². The lowest BCUT2D eigenvalue weighted by Gasteiger charge is -2.44. The Kier molecular flexibility index (Phi) is 3.79. The molecule has 3 heteroatoms. The first-order valence-corrected chi connectivity index (χ1v) is 7.03. The lowest BCUT2D eigenvalue weighted by molar-refractivity contribution is 0.177.